The minimum atomic E-state index is -3.63. The van der Waals surface area contributed by atoms with Crippen LogP contribution in [0, 0.1) is 0 Å². The third kappa shape index (κ3) is 2.31. The number of nitrogens with one attached hydrogen (secondary N) is 1. The third-order valence-electron chi connectivity index (χ3n) is 2.69. The molecule has 92 valence electrons. The number of amides is 1. The second kappa shape index (κ2) is 4.44. The number of hydrazine groups is 1. The zero-order valence-corrected chi connectivity index (χ0v) is 9.90. The Morgan fingerprint density at radius 3 is 2.35 bits per heavy atom. The van der Waals surface area contributed by atoms with Crippen LogP contribution in [0.2, 0.25) is 0 Å². The predicted molar refractivity (Wildman–Crippen MR) is 62.5 cm³/mol. The number of sulfonamides is 1. The largest absolute Gasteiger partial charge is 0.312 e. The van der Waals surface area contributed by atoms with Crippen molar-refractivity contribution in [2.45, 2.75) is 17.7 Å². The van der Waals surface area contributed by atoms with Crippen molar-refractivity contribution in [2.75, 3.05) is 11.4 Å². The van der Waals surface area contributed by atoms with E-state index in [1.807, 2.05) is 0 Å². The number of anilines is 1. The third-order valence-corrected chi connectivity index (χ3v) is 3.89. The van der Waals surface area contributed by atoms with Crippen LogP contribution in [-0.4, -0.2) is 20.9 Å². The molecule has 0 spiro atoms. The van der Waals surface area contributed by atoms with Crippen molar-refractivity contribution < 1.29 is 13.2 Å². The fourth-order valence-electron chi connectivity index (χ4n) is 1.79. The summed E-state index contributed by atoms with van der Waals surface area (Å²) in [5.74, 6) is 4.99. The van der Waals surface area contributed by atoms with Crippen LogP contribution in [0.3, 0.4) is 0 Å². The molecular weight excluding hydrogens is 242 g/mol. The van der Waals surface area contributed by atoms with E-state index in [1.165, 1.54) is 12.1 Å². The highest BCUT2D eigenvalue weighted by molar-refractivity contribution is 7.89. The molecule has 0 atom stereocenters. The van der Waals surface area contributed by atoms with Gasteiger partial charge in [-0.3, -0.25) is 10.6 Å². The van der Waals surface area contributed by atoms with E-state index in [1.54, 1.807) is 21.9 Å². The van der Waals surface area contributed by atoms with Crippen LogP contribution in [0.15, 0.2) is 29.2 Å². The summed E-state index contributed by atoms with van der Waals surface area (Å²) in [5, 5.41) is 0. The summed E-state index contributed by atoms with van der Waals surface area (Å²) in [7, 11) is -3.63. The first-order chi connectivity index (χ1) is 8.04. The van der Waals surface area contributed by atoms with Crippen molar-refractivity contribution in [3.05, 3.63) is 24.3 Å². The molecule has 1 heterocycles. The molecule has 0 radical (unpaired) electrons. The smallest absolute Gasteiger partial charge is 0.253 e. The molecule has 6 nitrogen and oxygen atoms in total. The SMILES string of the molecule is NNS(=O)(=O)c1ccc(N2CCCC2=O)cc1. The Hall–Kier alpha value is -1.44. The molecule has 7 heteroatoms. The summed E-state index contributed by atoms with van der Waals surface area (Å²) in [6.45, 7) is 0.681. The number of nitrogens with two attached hydrogens (primary N) is 1. The second-order valence-corrected chi connectivity index (χ2v) is 5.48. The second-order valence-electron chi connectivity index (χ2n) is 3.76. The highest BCUT2D eigenvalue weighted by Gasteiger charge is 2.22. The molecule has 0 bridgehead atoms. The first-order valence-corrected chi connectivity index (χ1v) is 6.66. The van der Waals surface area contributed by atoms with Gasteiger partial charge >= 0.3 is 0 Å². The van der Waals surface area contributed by atoms with Gasteiger partial charge in [-0.2, -0.15) is 4.83 Å². The zero-order chi connectivity index (χ0) is 12.5. The van der Waals surface area contributed by atoms with Crippen molar-refractivity contribution in [1.82, 2.24) is 4.83 Å². The molecule has 2 rings (SSSR count). The summed E-state index contributed by atoms with van der Waals surface area (Å²) < 4.78 is 22.8. The van der Waals surface area contributed by atoms with Crippen LogP contribution in [0.25, 0.3) is 0 Å². The maximum atomic E-state index is 11.5. The molecule has 0 saturated carbocycles. The van der Waals surface area contributed by atoms with Gasteiger partial charge in [0.05, 0.1) is 4.90 Å². The molecule has 3 N–H and O–H groups in total. The number of carbonyl (C=O) groups excluding carboxylic acids is 1. The van der Waals surface area contributed by atoms with Gasteiger partial charge in [0.2, 0.25) is 5.91 Å². The number of benzene rings is 1. The Kier molecular flexibility index (Phi) is 3.14. The Morgan fingerprint density at radius 1 is 1.24 bits per heavy atom. The van der Waals surface area contributed by atoms with E-state index in [-0.39, 0.29) is 10.8 Å². The molecule has 1 saturated heterocycles. The summed E-state index contributed by atoms with van der Waals surface area (Å²) in [6, 6.07) is 6.06. The first kappa shape index (κ1) is 12.0. The Labute approximate surface area is 99.4 Å². The van der Waals surface area contributed by atoms with Gasteiger partial charge in [0, 0.05) is 18.7 Å². The Balaban J connectivity index is 2.27. The monoisotopic (exact) mass is 255 g/mol. The lowest BCUT2D eigenvalue weighted by Crippen LogP contribution is -2.30. The normalized spacial score (nSPS) is 16.5. The van der Waals surface area contributed by atoms with Crippen molar-refractivity contribution in [3.63, 3.8) is 0 Å². The van der Waals surface area contributed by atoms with Crippen LogP contribution in [0.5, 0.6) is 0 Å². The highest BCUT2D eigenvalue weighted by Crippen LogP contribution is 2.22. The van der Waals surface area contributed by atoms with Gasteiger partial charge in [0.25, 0.3) is 10.0 Å². The molecular formula is C10H13N3O3S. The summed E-state index contributed by atoms with van der Waals surface area (Å²) in [6.07, 6.45) is 1.38. The van der Waals surface area contributed by atoms with Gasteiger partial charge in [0.15, 0.2) is 0 Å². The lowest BCUT2D eigenvalue weighted by molar-refractivity contribution is -0.117. The van der Waals surface area contributed by atoms with E-state index in [2.05, 4.69) is 0 Å². The minimum absolute atomic E-state index is 0.0672. The van der Waals surface area contributed by atoms with E-state index in [0.717, 1.165) is 6.42 Å². The van der Waals surface area contributed by atoms with Crippen molar-refractivity contribution in [2.24, 2.45) is 5.84 Å². The van der Waals surface area contributed by atoms with Crippen LogP contribution in [-0.2, 0) is 14.8 Å². The van der Waals surface area contributed by atoms with Crippen molar-refractivity contribution in [1.29, 1.82) is 0 Å². The average Bonchev–Trinajstić information content (AvgIpc) is 2.76. The van der Waals surface area contributed by atoms with Gasteiger partial charge in [0.1, 0.15) is 0 Å². The maximum absolute atomic E-state index is 11.5. The lowest BCUT2D eigenvalue weighted by atomic mass is 10.3. The van der Waals surface area contributed by atoms with Crippen molar-refractivity contribution >= 4 is 21.6 Å². The fraction of sp³-hybridized carbons (Fsp3) is 0.300. The molecule has 0 aliphatic carbocycles. The first-order valence-electron chi connectivity index (χ1n) is 5.17. The van der Waals surface area contributed by atoms with Crippen LogP contribution in [0.4, 0.5) is 5.69 Å². The van der Waals surface area contributed by atoms with Gasteiger partial charge in [-0.15, -0.1) is 0 Å². The molecule has 17 heavy (non-hydrogen) atoms. The molecule has 1 amide bonds. The molecule has 1 fully saturated rings. The fourth-order valence-corrected chi connectivity index (χ4v) is 2.42. The number of rotatable bonds is 3. The molecule has 1 aliphatic heterocycles. The van der Waals surface area contributed by atoms with E-state index in [4.69, 9.17) is 5.84 Å². The summed E-state index contributed by atoms with van der Waals surface area (Å²) in [4.78, 5) is 15.0. The van der Waals surface area contributed by atoms with Crippen LogP contribution < -0.4 is 15.6 Å². The van der Waals surface area contributed by atoms with Crippen molar-refractivity contribution in [3.8, 4) is 0 Å². The minimum Gasteiger partial charge on any atom is -0.312 e. The predicted octanol–water partition coefficient (Wildman–Crippen LogP) is -0.0346. The van der Waals surface area contributed by atoms with Gasteiger partial charge in [-0.25, -0.2) is 8.42 Å². The van der Waals surface area contributed by atoms with Gasteiger partial charge in [-0.05, 0) is 30.7 Å². The topological polar surface area (TPSA) is 92.5 Å². The number of hydrogen-bond donors (Lipinski definition) is 2. The lowest BCUT2D eigenvalue weighted by Gasteiger charge is -2.15. The molecule has 1 aromatic carbocycles. The zero-order valence-electron chi connectivity index (χ0n) is 9.09. The van der Waals surface area contributed by atoms with Gasteiger partial charge < -0.3 is 4.90 Å². The Bertz CT molecular complexity index is 524. The molecule has 0 unspecified atom stereocenters. The quantitative estimate of drug-likeness (QED) is 0.585. The number of carbonyl (C=O) groups is 1. The maximum Gasteiger partial charge on any atom is 0.253 e. The van der Waals surface area contributed by atoms with E-state index < -0.39 is 10.0 Å². The number of nitrogens with zero attached hydrogens (tertiary/aromatic N) is 1. The van der Waals surface area contributed by atoms with Gasteiger partial charge in [-0.1, -0.05) is 0 Å². The van der Waals surface area contributed by atoms with E-state index in [9.17, 15) is 13.2 Å². The number of hydrogen-bond acceptors (Lipinski definition) is 4. The van der Waals surface area contributed by atoms with Crippen LogP contribution >= 0.6 is 0 Å². The van der Waals surface area contributed by atoms with E-state index >= 15 is 0 Å². The molecule has 1 aliphatic rings. The molecule has 0 aromatic heterocycles. The summed E-state index contributed by atoms with van der Waals surface area (Å²) >= 11 is 0. The highest BCUT2D eigenvalue weighted by atomic mass is 32.2. The van der Waals surface area contributed by atoms with Crippen LogP contribution in [0.1, 0.15) is 12.8 Å². The Morgan fingerprint density at radius 2 is 1.88 bits per heavy atom. The standard InChI is InChI=1S/C10H13N3O3S/c11-12-17(15,16)9-5-3-8(4-6-9)13-7-1-2-10(13)14/h3-6,12H,1-2,7,11H2. The average molecular weight is 255 g/mol. The summed E-state index contributed by atoms with van der Waals surface area (Å²) in [5.41, 5.74) is 0.712. The molecule has 1 aromatic rings. The van der Waals surface area contributed by atoms with E-state index in [0.29, 0.717) is 18.7 Å².